The number of hydrogen-bond acceptors (Lipinski definition) is 3. The molecule has 2 heterocycles. The summed E-state index contributed by atoms with van der Waals surface area (Å²) in [5.74, 6) is 1.38. The minimum Gasteiger partial charge on any atom is -1.00 e. The van der Waals surface area contributed by atoms with Gasteiger partial charge in [-0.15, -0.1) is 6.58 Å². The molecular formula is C25H46ClN5O. The molecule has 2 aliphatic heterocycles. The molecule has 0 aromatic heterocycles. The van der Waals surface area contributed by atoms with E-state index < -0.39 is 5.72 Å². The first-order chi connectivity index (χ1) is 15.1. The second-order valence-electron chi connectivity index (χ2n) is 9.09. The smallest absolute Gasteiger partial charge is 0.274 e. The lowest BCUT2D eigenvalue weighted by molar-refractivity contribution is -0.539. The molecule has 6 nitrogen and oxygen atoms in total. The number of nitrogens with zero attached hydrogens (tertiary/aromatic N) is 3. The van der Waals surface area contributed by atoms with E-state index in [1.54, 1.807) is 0 Å². The molecule has 0 amide bonds. The van der Waals surface area contributed by atoms with Crippen LogP contribution in [0.5, 0.6) is 0 Å². The Labute approximate surface area is 201 Å². The highest BCUT2D eigenvalue weighted by atomic mass is 35.5. The van der Waals surface area contributed by atoms with Crippen LogP contribution in [0.25, 0.3) is 0 Å². The average molecular weight is 468 g/mol. The van der Waals surface area contributed by atoms with Gasteiger partial charge in [-0.3, -0.25) is 9.57 Å². The van der Waals surface area contributed by atoms with Crippen LogP contribution in [0.4, 0.5) is 0 Å². The summed E-state index contributed by atoms with van der Waals surface area (Å²) in [6.45, 7) is 7.54. The van der Waals surface area contributed by atoms with Crippen LogP contribution in [-0.2, 0) is 0 Å². The number of aliphatic hydroxyl groups is 1. The largest absolute Gasteiger partial charge is 1.00 e. The van der Waals surface area contributed by atoms with Gasteiger partial charge in [-0.1, -0.05) is 44.6 Å². The fraction of sp³-hybridized carbons (Fsp3) is 0.760. The zero-order chi connectivity index (χ0) is 22.4. The van der Waals surface area contributed by atoms with Gasteiger partial charge in [-0.2, -0.15) is 0 Å². The maximum atomic E-state index is 11.3. The molecule has 0 aromatic rings. The van der Waals surface area contributed by atoms with Gasteiger partial charge in [0.05, 0.1) is 19.6 Å². The van der Waals surface area contributed by atoms with Crippen LogP contribution in [0.15, 0.2) is 29.8 Å². The molecule has 0 saturated heterocycles. The number of rotatable bonds is 17. The summed E-state index contributed by atoms with van der Waals surface area (Å²) < 4.78 is 2.44. The average Bonchev–Trinajstić information content (AvgIpc) is 3.09. The Balaban J connectivity index is 0.00000512. The number of guanidine groups is 1. The third kappa shape index (κ3) is 9.95. The van der Waals surface area contributed by atoms with Crippen LogP contribution in [0.3, 0.4) is 0 Å². The van der Waals surface area contributed by atoms with Crippen molar-refractivity contribution in [1.29, 1.82) is 0 Å². The van der Waals surface area contributed by atoms with Crippen molar-refractivity contribution in [3.05, 3.63) is 24.8 Å². The maximum absolute atomic E-state index is 11.3. The SMILES string of the molecule is C=CCCCCCCCCCCC1(O)C=CC2=[N+](CCCCCN=C(N)N)CCCN21.[Cl-]. The van der Waals surface area contributed by atoms with Gasteiger partial charge in [0.25, 0.3) is 5.84 Å². The molecule has 0 aliphatic carbocycles. The molecule has 0 fully saturated rings. The molecule has 184 valence electrons. The third-order valence-corrected chi connectivity index (χ3v) is 6.46. The molecule has 0 aromatic carbocycles. The molecule has 0 saturated carbocycles. The highest BCUT2D eigenvalue weighted by Gasteiger charge is 2.46. The van der Waals surface area contributed by atoms with Crippen molar-refractivity contribution in [3.63, 3.8) is 0 Å². The van der Waals surface area contributed by atoms with Crippen LogP contribution < -0.4 is 23.9 Å². The van der Waals surface area contributed by atoms with E-state index in [2.05, 4.69) is 27.1 Å². The van der Waals surface area contributed by atoms with Gasteiger partial charge < -0.3 is 29.0 Å². The van der Waals surface area contributed by atoms with Crippen molar-refractivity contribution in [2.45, 2.75) is 95.6 Å². The van der Waals surface area contributed by atoms with E-state index >= 15 is 0 Å². The number of nitrogens with two attached hydrogens (primary N) is 2. The van der Waals surface area contributed by atoms with Crippen molar-refractivity contribution in [2.75, 3.05) is 26.2 Å². The minimum atomic E-state index is -0.786. The molecule has 7 heteroatoms. The van der Waals surface area contributed by atoms with Crippen molar-refractivity contribution < 1.29 is 22.1 Å². The highest BCUT2D eigenvalue weighted by Crippen LogP contribution is 2.30. The summed E-state index contributed by atoms with van der Waals surface area (Å²) in [4.78, 5) is 6.28. The monoisotopic (exact) mass is 467 g/mol. The van der Waals surface area contributed by atoms with Crippen molar-refractivity contribution >= 4 is 11.8 Å². The van der Waals surface area contributed by atoms with E-state index in [0.717, 1.165) is 64.6 Å². The first-order valence-electron chi connectivity index (χ1n) is 12.5. The Kier molecular flexibility index (Phi) is 14.4. The van der Waals surface area contributed by atoms with Gasteiger partial charge in [-0.25, -0.2) is 4.90 Å². The predicted molar refractivity (Wildman–Crippen MR) is 131 cm³/mol. The Morgan fingerprint density at radius 3 is 2.41 bits per heavy atom. The maximum Gasteiger partial charge on any atom is 0.274 e. The summed E-state index contributed by atoms with van der Waals surface area (Å²) in [5.41, 5.74) is 9.95. The van der Waals surface area contributed by atoms with E-state index in [1.807, 2.05) is 12.2 Å². The van der Waals surface area contributed by atoms with Crippen LogP contribution in [-0.4, -0.2) is 58.3 Å². The molecule has 1 unspecified atom stereocenters. The Bertz CT molecular complexity index is 630. The normalized spacial score (nSPS) is 19.6. The highest BCUT2D eigenvalue weighted by molar-refractivity contribution is 5.92. The Morgan fingerprint density at radius 2 is 1.72 bits per heavy atom. The summed E-state index contributed by atoms with van der Waals surface area (Å²) in [7, 11) is 0. The fourth-order valence-electron chi connectivity index (χ4n) is 4.68. The number of aliphatic imine (C=N–C) groups is 1. The first kappa shape index (κ1) is 28.5. The van der Waals surface area contributed by atoms with E-state index in [1.165, 1.54) is 50.8 Å². The van der Waals surface area contributed by atoms with E-state index in [9.17, 15) is 5.11 Å². The molecule has 0 spiro atoms. The summed E-state index contributed by atoms with van der Waals surface area (Å²) in [5, 5.41) is 11.3. The zero-order valence-electron chi connectivity index (χ0n) is 20.0. The molecule has 5 N–H and O–H groups in total. The second kappa shape index (κ2) is 16.1. The quantitative estimate of drug-likeness (QED) is 0.0974. The minimum absolute atomic E-state index is 0. The Morgan fingerprint density at radius 1 is 1.06 bits per heavy atom. The van der Waals surface area contributed by atoms with Gasteiger partial charge in [0, 0.05) is 25.5 Å². The van der Waals surface area contributed by atoms with Gasteiger partial charge in [0.2, 0.25) is 5.72 Å². The topological polar surface area (TPSA) is 90.9 Å². The number of amidine groups is 1. The zero-order valence-corrected chi connectivity index (χ0v) is 20.7. The first-order valence-corrected chi connectivity index (χ1v) is 12.5. The molecule has 0 radical (unpaired) electrons. The molecule has 0 bridgehead atoms. The van der Waals surface area contributed by atoms with Crippen molar-refractivity contribution in [3.8, 4) is 0 Å². The number of unbranched alkanes of at least 4 members (excludes halogenated alkanes) is 10. The molecule has 2 aliphatic rings. The summed E-state index contributed by atoms with van der Waals surface area (Å²) >= 11 is 0. The molecule has 2 rings (SSSR count). The summed E-state index contributed by atoms with van der Waals surface area (Å²) in [6.07, 6.45) is 22.7. The number of halogens is 1. The van der Waals surface area contributed by atoms with Gasteiger partial charge >= 0.3 is 0 Å². The van der Waals surface area contributed by atoms with Crippen LogP contribution >= 0.6 is 0 Å². The molecule has 32 heavy (non-hydrogen) atoms. The lowest BCUT2D eigenvalue weighted by atomic mass is 10.0. The van der Waals surface area contributed by atoms with Gasteiger partial charge in [-0.05, 0) is 44.6 Å². The second-order valence-corrected chi connectivity index (χ2v) is 9.09. The number of allylic oxidation sites excluding steroid dienone is 1. The van der Waals surface area contributed by atoms with Gasteiger partial charge in [0.15, 0.2) is 5.96 Å². The van der Waals surface area contributed by atoms with Crippen LogP contribution in [0.2, 0.25) is 0 Å². The lowest BCUT2D eigenvalue weighted by Crippen LogP contribution is -3.00. The van der Waals surface area contributed by atoms with Crippen molar-refractivity contribution in [2.24, 2.45) is 16.5 Å². The number of fused-ring (bicyclic) bond motifs is 1. The van der Waals surface area contributed by atoms with Gasteiger partial charge in [0.1, 0.15) is 0 Å². The standard InChI is InChI=1S/C25H46N5O.ClH/c1-2-3-4-5-6-7-8-9-10-12-17-25(31)18-16-23-29(21-15-22-30(23)25)20-14-11-13-19-28-24(26)27;/h2,16,18,31H,1,3-15,17,19-22H2,(H4,26,27,28);1H/q+1;/p-1. The number of hydrogen-bond donors (Lipinski definition) is 3. The lowest BCUT2D eigenvalue weighted by Gasteiger charge is -2.32. The Hall–Kier alpha value is -1.53. The molecular weight excluding hydrogens is 422 g/mol. The van der Waals surface area contributed by atoms with E-state index in [4.69, 9.17) is 11.5 Å². The van der Waals surface area contributed by atoms with Crippen LogP contribution in [0, 0.1) is 0 Å². The predicted octanol–water partition coefficient (Wildman–Crippen LogP) is 0.896. The third-order valence-electron chi connectivity index (χ3n) is 6.46. The van der Waals surface area contributed by atoms with E-state index in [0.29, 0.717) is 6.54 Å². The fourth-order valence-corrected chi connectivity index (χ4v) is 4.68. The van der Waals surface area contributed by atoms with Crippen molar-refractivity contribution in [1.82, 2.24) is 4.90 Å². The summed E-state index contributed by atoms with van der Waals surface area (Å²) in [6, 6.07) is 0. The van der Waals surface area contributed by atoms with E-state index in [-0.39, 0.29) is 18.4 Å². The molecule has 1 atom stereocenters. The van der Waals surface area contributed by atoms with Crippen LogP contribution in [0.1, 0.15) is 89.9 Å².